The maximum absolute atomic E-state index is 14.9. The molecule has 2 aliphatic rings. The number of anilines is 6. The van der Waals surface area contributed by atoms with Crippen LogP contribution >= 0.6 is 11.3 Å². The number of rotatable bonds is 2. The van der Waals surface area contributed by atoms with Crippen molar-refractivity contribution in [3.05, 3.63) is 139 Å². The van der Waals surface area contributed by atoms with Crippen LogP contribution in [0.5, 0.6) is 0 Å². The second-order valence-corrected chi connectivity index (χ2v) is 13.3. The fourth-order valence-electron chi connectivity index (χ4n) is 7.68. The first-order valence-electron chi connectivity index (χ1n) is 15.3. The van der Waals surface area contributed by atoms with E-state index < -0.39 is 0 Å². The van der Waals surface area contributed by atoms with Crippen LogP contribution in [-0.2, 0) is 7.05 Å². The minimum absolute atomic E-state index is 0.0784. The number of fused-ring (bicyclic) bond motifs is 8. The number of aryl methyl sites for hydroxylation is 1. The molecule has 4 heterocycles. The number of halogens is 2. The Balaban J connectivity index is 1.35. The fourth-order valence-corrected chi connectivity index (χ4v) is 8.80. The quantitative estimate of drug-likeness (QED) is 0.180. The molecule has 10 rings (SSSR count). The van der Waals surface area contributed by atoms with E-state index in [1.165, 1.54) is 49.3 Å². The molecule has 218 valence electrons. The summed E-state index contributed by atoms with van der Waals surface area (Å²) >= 11 is 1.80. The van der Waals surface area contributed by atoms with E-state index in [1.54, 1.807) is 23.5 Å². The maximum atomic E-state index is 14.9. The third-order valence-electron chi connectivity index (χ3n) is 9.65. The van der Waals surface area contributed by atoms with Crippen LogP contribution in [0.4, 0.5) is 42.9 Å². The van der Waals surface area contributed by atoms with Crippen LogP contribution in [-0.4, -0.2) is 11.3 Å². The molecular formula is C39H24BF2N3S. The minimum atomic E-state index is -0.282. The van der Waals surface area contributed by atoms with Crippen LogP contribution < -0.4 is 26.2 Å². The topological polar surface area (TPSA) is 11.4 Å². The largest absolute Gasteiger partial charge is 0.350 e. The Labute approximate surface area is 268 Å². The Bertz CT molecular complexity index is 2550. The van der Waals surface area contributed by atoms with Gasteiger partial charge in [-0.25, -0.2) is 8.78 Å². The molecule has 8 aromatic rings. The molecule has 0 fully saturated rings. The van der Waals surface area contributed by atoms with E-state index in [0.717, 1.165) is 50.5 Å². The summed E-state index contributed by atoms with van der Waals surface area (Å²) in [5.74, 6) is -0.553. The molecule has 7 heteroatoms. The van der Waals surface area contributed by atoms with E-state index in [-0.39, 0.29) is 18.3 Å². The van der Waals surface area contributed by atoms with Gasteiger partial charge in [0.1, 0.15) is 11.6 Å². The van der Waals surface area contributed by atoms with Gasteiger partial charge in [0, 0.05) is 67.7 Å². The Morgan fingerprint density at radius 2 is 1.30 bits per heavy atom. The molecule has 46 heavy (non-hydrogen) atoms. The van der Waals surface area contributed by atoms with Crippen molar-refractivity contribution in [3.8, 4) is 0 Å². The zero-order valence-electron chi connectivity index (χ0n) is 24.7. The summed E-state index contributed by atoms with van der Waals surface area (Å²) in [5, 5.41) is 3.63. The molecule has 0 radical (unpaired) electrons. The van der Waals surface area contributed by atoms with Gasteiger partial charge in [-0.15, -0.1) is 11.3 Å². The third-order valence-corrected chi connectivity index (χ3v) is 10.8. The Morgan fingerprint density at radius 1 is 0.565 bits per heavy atom. The van der Waals surface area contributed by atoms with Gasteiger partial charge in [-0.05, 0) is 106 Å². The van der Waals surface area contributed by atoms with Gasteiger partial charge >= 0.3 is 0 Å². The summed E-state index contributed by atoms with van der Waals surface area (Å²) < 4.78 is 33.7. The number of benzene rings is 6. The molecule has 0 spiro atoms. The summed E-state index contributed by atoms with van der Waals surface area (Å²) in [7, 11) is 2.06. The summed E-state index contributed by atoms with van der Waals surface area (Å²) in [6, 6.07) is 39.9. The van der Waals surface area contributed by atoms with E-state index in [1.807, 2.05) is 18.2 Å². The first-order valence-corrected chi connectivity index (χ1v) is 16.1. The lowest BCUT2D eigenvalue weighted by Crippen LogP contribution is -2.61. The first kappa shape index (κ1) is 25.9. The molecule has 0 aliphatic carbocycles. The highest BCUT2D eigenvalue weighted by Crippen LogP contribution is 2.46. The monoisotopic (exact) mass is 615 g/mol. The average molecular weight is 616 g/mol. The highest BCUT2D eigenvalue weighted by molar-refractivity contribution is 7.26. The van der Waals surface area contributed by atoms with Gasteiger partial charge in [-0.3, -0.25) is 0 Å². The van der Waals surface area contributed by atoms with E-state index in [0.29, 0.717) is 0 Å². The zero-order chi connectivity index (χ0) is 30.7. The number of nitrogens with zero attached hydrogens (tertiary/aromatic N) is 3. The SMILES string of the molecule is Cn1ccc2cc3c(cc21)N(c1cccc(F)c1)c1cccc2c1B3c1cc3c(cc1N2c1ccc(F)cc1)sc1ccccc13. The molecular weight excluding hydrogens is 591 g/mol. The zero-order valence-corrected chi connectivity index (χ0v) is 25.5. The number of aromatic nitrogens is 1. The van der Waals surface area contributed by atoms with Crippen LogP contribution in [0.1, 0.15) is 0 Å². The lowest BCUT2D eigenvalue weighted by molar-refractivity contribution is 0.627. The summed E-state index contributed by atoms with van der Waals surface area (Å²) in [4.78, 5) is 4.47. The normalized spacial score (nSPS) is 13.4. The van der Waals surface area contributed by atoms with Crippen molar-refractivity contribution in [2.75, 3.05) is 9.80 Å². The van der Waals surface area contributed by atoms with Crippen molar-refractivity contribution >= 4 is 99.6 Å². The van der Waals surface area contributed by atoms with Gasteiger partial charge in [0.05, 0.1) is 0 Å². The maximum Gasteiger partial charge on any atom is 0.252 e. The van der Waals surface area contributed by atoms with Gasteiger partial charge < -0.3 is 14.4 Å². The minimum Gasteiger partial charge on any atom is -0.350 e. The van der Waals surface area contributed by atoms with Gasteiger partial charge in [-0.1, -0.05) is 42.5 Å². The molecule has 0 atom stereocenters. The predicted octanol–water partition coefficient (Wildman–Crippen LogP) is 8.91. The third kappa shape index (κ3) is 3.52. The van der Waals surface area contributed by atoms with Gasteiger partial charge in [0.2, 0.25) is 0 Å². The molecule has 2 aliphatic heterocycles. The van der Waals surface area contributed by atoms with Crippen molar-refractivity contribution in [2.24, 2.45) is 7.05 Å². The second-order valence-electron chi connectivity index (χ2n) is 12.2. The standard InChI is InChI=1S/C39H24BF2N3S/c1-43-17-16-23-18-30-35(21-34(23)43)45(27-7-4-6-25(42)19-27)33-10-5-9-32-39(33)40(30)31-20-29-28-8-2-3-11-37(28)46-38(29)22-36(31)44(32)26-14-12-24(41)13-15-26/h2-22H,1H3. The van der Waals surface area contributed by atoms with Crippen molar-refractivity contribution in [1.29, 1.82) is 0 Å². The molecule has 3 nitrogen and oxygen atoms in total. The molecule has 0 N–H and O–H groups in total. The van der Waals surface area contributed by atoms with Crippen molar-refractivity contribution < 1.29 is 8.78 Å². The molecule has 0 bridgehead atoms. The van der Waals surface area contributed by atoms with Crippen molar-refractivity contribution in [3.63, 3.8) is 0 Å². The highest BCUT2D eigenvalue weighted by atomic mass is 32.1. The summed E-state index contributed by atoms with van der Waals surface area (Å²) in [6.45, 7) is -0.0784. The lowest BCUT2D eigenvalue weighted by Gasteiger charge is -2.44. The summed E-state index contributed by atoms with van der Waals surface area (Å²) in [6.07, 6.45) is 2.09. The smallest absolute Gasteiger partial charge is 0.252 e. The van der Waals surface area contributed by atoms with Crippen molar-refractivity contribution in [1.82, 2.24) is 4.57 Å². The Morgan fingerprint density at radius 3 is 2.13 bits per heavy atom. The van der Waals surface area contributed by atoms with Crippen LogP contribution in [0.25, 0.3) is 31.1 Å². The van der Waals surface area contributed by atoms with Gasteiger partial charge in [-0.2, -0.15) is 0 Å². The molecule has 0 saturated carbocycles. The molecule has 0 amide bonds. The number of hydrogen-bond donors (Lipinski definition) is 0. The summed E-state index contributed by atoms with van der Waals surface area (Å²) in [5.41, 5.74) is 10.4. The Kier molecular flexibility index (Phi) is 5.24. The average Bonchev–Trinajstić information content (AvgIpc) is 3.62. The second kappa shape index (κ2) is 9.31. The van der Waals surface area contributed by atoms with E-state index in [9.17, 15) is 8.78 Å². The van der Waals surface area contributed by atoms with Gasteiger partial charge in [0.25, 0.3) is 6.71 Å². The predicted molar refractivity (Wildman–Crippen MR) is 190 cm³/mol. The lowest BCUT2D eigenvalue weighted by atomic mass is 9.33. The van der Waals surface area contributed by atoms with E-state index >= 15 is 0 Å². The number of hydrogen-bond acceptors (Lipinski definition) is 3. The van der Waals surface area contributed by atoms with E-state index in [4.69, 9.17) is 0 Å². The van der Waals surface area contributed by atoms with Crippen LogP contribution in [0.15, 0.2) is 128 Å². The molecule has 0 saturated heterocycles. The molecule has 2 aromatic heterocycles. The first-order chi connectivity index (χ1) is 22.5. The number of thiophene rings is 1. The highest BCUT2D eigenvalue weighted by Gasteiger charge is 2.43. The molecule has 6 aromatic carbocycles. The fraction of sp³-hybridized carbons (Fsp3) is 0.0256. The van der Waals surface area contributed by atoms with Crippen molar-refractivity contribution in [2.45, 2.75) is 0 Å². The molecule has 0 unspecified atom stereocenters. The van der Waals surface area contributed by atoms with Crippen LogP contribution in [0, 0.1) is 11.6 Å². The van der Waals surface area contributed by atoms with E-state index in [2.05, 4.69) is 100 Å². The van der Waals surface area contributed by atoms with Crippen LogP contribution in [0.3, 0.4) is 0 Å². The van der Waals surface area contributed by atoms with Crippen LogP contribution in [0.2, 0.25) is 0 Å². The Hall–Kier alpha value is -5.40. The van der Waals surface area contributed by atoms with Gasteiger partial charge in [0.15, 0.2) is 0 Å².